The number of hydrogen-bond acceptors (Lipinski definition) is 4. The fraction of sp³-hybridized carbons (Fsp3) is 0.500. The first-order valence-electron chi connectivity index (χ1n) is 5.69. The van der Waals surface area contributed by atoms with E-state index in [9.17, 15) is 9.59 Å². The number of hydrogen-bond donors (Lipinski definition) is 2. The van der Waals surface area contributed by atoms with Gasteiger partial charge in [0.1, 0.15) is 5.76 Å². The number of carbonyl (C=O) groups excluding carboxylic acids is 2. The summed E-state index contributed by atoms with van der Waals surface area (Å²) < 4.78 is 5.45. The van der Waals surface area contributed by atoms with Gasteiger partial charge >= 0.3 is 0 Å². The SMILES string of the molecule is Cc1c(C(=O)NCCO)oc2c1C(=O)CCC2. The monoisotopic (exact) mass is 237 g/mol. The van der Waals surface area contributed by atoms with Crippen molar-refractivity contribution in [3.8, 4) is 0 Å². The molecule has 0 unspecified atom stereocenters. The summed E-state index contributed by atoms with van der Waals surface area (Å²) in [6.07, 6.45) is 2.00. The van der Waals surface area contributed by atoms with Gasteiger partial charge in [0.25, 0.3) is 5.91 Å². The third-order valence-corrected chi connectivity index (χ3v) is 2.91. The Bertz CT molecular complexity index is 461. The fourth-order valence-electron chi connectivity index (χ4n) is 2.11. The molecule has 0 spiro atoms. The smallest absolute Gasteiger partial charge is 0.287 e. The summed E-state index contributed by atoms with van der Waals surface area (Å²) in [5.74, 6) is 0.485. The van der Waals surface area contributed by atoms with E-state index >= 15 is 0 Å². The van der Waals surface area contributed by atoms with Crippen LogP contribution in [0.4, 0.5) is 0 Å². The third-order valence-electron chi connectivity index (χ3n) is 2.91. The van der Waals surface area contributed by atoms with Gasteiger partial charge < -0.3 is 14.8 Å². The largest absolute Gasteiger partial charge is 0.455 e. The van der Waals surface area contributed by atoms with E-state index in [1.54, 1.807) is 6.92 Å². The molecule has 0 radical (unpaired) electrons. The Balaban J connectivity index is 2.31. The molecule has 5 nitrogen and oxygen atoms in total. The van der Waals surface area contributed by atoms with Crippen LogP contribution in [-0.2, 0) is 6.42 Å². The van der Waals surface area contributed by atoms with Crippen LogP contribution >= 0.6 is 0 Å². The topological polar surface area (TPSA) is 79.5 Å². The summed E-state index contributed by atoms with van der Waals surface area (Å²) in [6.45, 7) is 1.78. The van der Waals surface area contributed by atoms with Crippen LogP contribution in [-0.4, -0.2) is 29.9 Å². The number of aliphatic hydroxyl groups is 1. The molecule has 92 valence electrons. The number of ketones is 1. The summed E-state index contributed by atoms with van der Waals surface area (Å²) >= 11 is 0. The van der Waals surface area contributed by atoms with Crippen molar-refractivity contribution in [2.75, 3.05) is 13.2 Å². The molecular formula is C12H15NO4. The number of Topliss-reactive ketones (excluding diaryl/α,β-unsaturated/α-hetero) is 1. The minimum atomic E-state index is -0.376. The number of amides is 1. The molecule has 0 atom stereocenters. The van der Waals surface area contributed by atoms with Gasteiger partial charge in [0.05, 0.1) is 12.2 Å². The molecule has 1 aromatic rings. The first-order chi connectivity index (χ1) is 8.15. The molecule has 1 aromatic heterocycles. The molecule has 17 heavy (non-hydrogen) atoms. The summed E-state index contributed by atoms with van der Waals surface area (Å²) in [6, 6.07) is 0. The molecule has 1 aliphatic carbocycles. The molecule has 2 rings (SSSR count). The number of furan rings is 1. The molecule has 5 heteroatoms. The number of aryl methyl sites for hydroxylation is 1. The second-order valence-electron chi connectivity index (χ2n) is 4.11. The Morgan fingerprint density at radius 3 is 2.88 bits per heavy atom. The summed E-state index contributed by atoms with van der Waals surface area (Å²) in [5, 5.41) is 11.2. The van der Waals surface area contributed by atoms with Crippen molar-refractivity contribution in [1.29, 1.82) is 0 Å². The molecule has 0 fully saturated rings. The van der Waals surface area contributed by atoms with Gasteiger partial charge in [-0.25, -0.2) is 0 Å². The van der Waals surface area contributed by atoms with Gasteiger partial charge in [0, 0.05) is 24.9 Å². The summed E-state index contributed by atoms with van der Waals surface area (Å²) in [5.41, 5.74) is 1.19. The Morgan fingerprint density at radius 1 is 1.47 bits per heavy atom. The van der Waals surface area contributed by atoms with E-state index < -0.39 is 0 Å². The van der Waals surface area contributed by atoms with Crippen LogP contribution in [0.2, 0.25) is 0 Å². The normalized spacial score (nSPS) is 14.6. The van der Waals surface area contributed by atoms with E-state index in [0.29, 0.717) is 29.7 Å². The zero-order valence-corrected chi connectivity index (χ0v) is 9.71. The van der Waals surface area contributed by atoms with Crippen molar-refractivity contribution < 1.29 is 19.1 Å². The minimum absolute atomic E-state index is 0.0497. The molecule has 0 aliphatic heterocycles. The van der Waals surface area contributed by atoms with E-state index in [-0.39, 0.29) is 30.6 Å². The minimum Gasteiger partial charge on any atom is -0.455 e. The lowest BCUT2D eigenvalue weighted by Gasteiger charge is -2.07. The molecule has 2 N–H and O–H groups in total. The summed E-state index contributed by atoms with van der Waals surface area (Å²) in [4.78, 5) is 23.4. The van der Waals surface area contributed by atoms with E-state index in [2.05, 4.69) is 5.32 Å². The first-order valence-corrected chi connectivity index (χ1v) is 5.69. The van der Waals surface area contributed by atoms with Crippen LogP contribution in [0.3, 0.4) is 0 Å². The van der Waals surface area contributed by atoms with Gasteiger partial charge in [-0.1, -0.05) is 0 Å². The van der Waals surface area contributed by atoms with Crippen molar-refractivity contribution >= 4 is 11.7 Å². The molecule has 0 aromatic carbocycles. The molecule has 0 bridgehead atoms. The average molecular weight is 237 g/mol. The van der Waals surface area contributed by atoms with Gasteiger partial charge in [-0.05, 0) is 13.3 Å². The highest BCUT2D eigenvalue weighted by Crippen LogP contribution is 2.29. The number of rotatable bonds is 3. The number of carbonyl (C=O) groups is 2. The predicted molar refractivity (Wildman–Crippen MR) is 60.1 cm³/mol. The molecule has 0 saturated carbocycles. The van der Waals surface area contributed by atoms with Crippen LogP contribution in [0.15, 0.2) is 4.42 Å². The second-order valence-corrected chi connectivity index (χ2v) is 4.11. The van der Waals surface area contributed by atoms with Crippen LogP contribution in [0, 0.1) is 6.92 Å². The highest BCUT2D eigenvalue weighted by Gasteiger charge is 2.28. The summed E-state index contributed by atoms with van der Waals surface area (Å²) in [7, 11) is 0. The van der Waals surface area contributed by atoms with E-state index in [1.165, 1.54) is 0 Å². The number of nitrogens with one attached hydrogen (secondary N) is 1. The Kier molecular flexibility index (Phi) is 3.28. The van der Waals surface area contributed by atoms with Crippen LogP contribution in [0.5, 0.6) is 0 Å². The van der Waals surface area contributed by atoms with Crippen LogP contribution < -0.4 is 5.32 Å². The Morgan fingerprint density at radius 2 is 2.24 bits per heavy atom. The van der Waals surface area contributed by atoms with Crippen molar-refractivity contribution in [1.82, 2.24) is 5.32 Å². The average Bonchev–Trinajstić information content (AvgIpc) is 2.65. The van der Waals surface area contributed by atoms with E-state index in [1.807, 2.05) is 0 Å². The third kappa shape index (κ3) is 2.10. The van der Waals surface area contributed by atoms with E-state index in [4.69, 9.17) is 9.52 Å². The maximum Gasteiger partial charge on any atom is 0.287 e. The zero-order chi connectivity index (χ0) is 12.4. The van der Waals surface area contributed by atoms with E-state index in [0.717, 1.165) is 6.42 Å². The van der Waals surface area contributed by atoms with Crippen molar-refractivity contribution in [3.05, 3.63) is 22.6 Å². The van der Waals surface area contributed by atoms with Crippen molar-refractivity contribution in [2.24, 2.45) is 0 Å². The Hall–Kier alpha value is -1.62. The lowest BCUT2D eigenvalue weighted by molar-refractivity contribution is 0.0911. The highest BCUT2D eigenvalue weighted by atomic mass is 16.4. The van der Waals surface area contributed by atoms with Gasteiger partial charge in [-0.2, -0.15) is 0 Å². The number of aliphatic hydroxyl groups excluding tert-OH is 1. The second kappa shape index (κ2) is 4.71. The maximum atomic E-state index is 11.7. The molecular weight excluding hydrogens is 222 g/mol. The van der Waals surface area contributed by atoms with Gasteiger partial charge in [-0.3, -0.25) is 9.59 Å². The predicted octanol–water partition coefficient (Wildman–Crippen LogP) is 0.829. The molecule has 1 heterocycles. The standard InChI is InChI=1S/C12H15NO4/c1-7-10-8(15)3-2-4-9(10)17-11(7)12(16)13-5-6-14/h14H,2-6H2,1H3,(H,13,16). The lowest BCUT2D eigenvalue weighted by Crippen LogP contribution is -2.26. The number of fused-ring (bicyclic) bond motifs is 1. The van der Waals surface area contributed by atoms with Gasteiger partial charge in [0.2, 0.25) is 0 Å². The van der Waals surface area contributed by atoms with Crippen molar-refractivity contribution in [2.45, 2.75) is 26.2 Å². The van der Waals surface area contributed by atoms with Crippen LogP contribution in [0.25, 0.3) is 0 Å². The Labute approximate surface area is 98.8 Å². The molecule has 1 aliphatic rings. The van der Waals surface area contributed by atoms with Gasteiger partial charge in [-0.15, -0.1) is 0 Å². The lowest BCUT2D eigenvalue weighted by atomic mass is 9.94. The van der Waals surface area contributed by atoms with Crippen molar-refractivity contribution in [3.63, 3.8) is 0 Å². The maximum absolute atomic E-state index is 11.7. The quantitative estimate of drug-likeness (QED) is 0.816. The molecule has 1 amide bonds. The zero-order valence-electron chi connectivity index (χ0n) is 9.71. The fourth-order valence-corrected chi connectivity index (χ4v) is 2.11. The first kappa shape index (κ1) is 11.9. The highest BCUT2D eigenvalue weighted by molar-refractivity contribution is 6.03. The van der Waals surface area contributed by atoms with Crippen LogP contribution in [0.1, 0.15) is 45.1 Å². The molecule has 0 saturated heterocycles. The van der Waals surface area contributed by atoms with Gasteiger partial charge in [0.15, 0.2) is 11.5 Å².